The lowest BCUT2D eigenvalue weighted by Gasteiger charge is -2.25. The molecular formula is C8H15NO. The van der Waals surface area contributed by atoms with Gasteiger partial charge in [0.1, 0.15) is 0 Å². The Bertz CT molecular complexity index is 135. The summed E-state index contributed by atoms with van der Waals surface area (Å²) in [6, 6.07) is 0.0159. The van der Waals surface area contributed by atoms with Gasteiger partial charge in [-0.3, -0.25) is 5.32 Å². The van der Waals surface area contributed by atoms with E-state index in [-0.39, 0.29) is 18.2 Å². The molecule has 0 aliphatic rings. The quantitative estimate of drug-likeness (QED) is 0.556. The molecule has 0 amide bonds. The molecule has 0 aliphatic carbocycles. The summed E-state index contributed by atoms with van der Waals surface area (Å²) in [5.74, 6) is 2.53. The van der Waals surface area contributed by atoms with E-state index in [0.717, 1.165) is 0 Å². The number of rotatable bonds is 3. The van der Waals surface area contributed by atoms with Crippen molar-refractivity contribution in [3.05, 3.63) is 0 Å². The zero-order valence-electron chi connectivity index (χ0n) is 6.81. The maximum atomic E-state index is 8.81. The number of aliphatic hydroxyl groups excluding tert-OH is 1. The van der Waals surface area contributed by atoms with E-state index in [0.29, 0.717) is 0 Å². The monoisotopic (exact) mass is 141 g/mol. The van der Waals surface area contributed by atoms with E-state index in [2.05, 4.69) is 11.2 Å². The van der Waals surface area contributed by atoms with Gasteiger partial charge in [-0.15, -0.1) is 6.42 Å². The molecule has 10 heavy (non-hydrogen) atoms. The van der Waals surface area contributed by atoms with Gasteiger partial charge in [0.15, 0.2) is 0 Å². The normalized spacial score (nSPS) is 14.3. The molecule has 0 saturated heterocycles. The average Bonchev–Trinajstić information content (AvgIpc) is 1.87. The molecule has 0 fully saturated rings. The van der Waals surface area contributed by atoms with Crippen LogP contribution in [-0.2, 0) is 0 Å². The van der Waals surface area contributed by atoms with Gasteiger partial charge in [0.2, 0.25) is 0 Å². The van der Waals surface area contributed by atoms with E-state index in [1.807, 2.05) is 20.8 Å². The predicted molar refractivity (Wildman–Crippen MR) is 42.6 cm³/mol. The fraction of sp³-hybridized carbons (Fsp3) is 0.750. The first-order valence-electron chi connectivity index (χ1n) is 3.36. The first kappa shape index (κ1) is 9.48. The summed E-state index contributed by atoms with van der Waals surface area (Å²) in [4.78, 5) is 0. The molecule has 0 aromatic heterocycles. The van der Waals surface area contributed by atoms with Crippen LogP contribution in [0.1, 0.15) is 20.8 Å². The largest absolute Gasteiger partial charge is 0.394 e. The summed E-state index contributed by atoms with van der Waals surface area (Å²) < 4.78 is 0. The van der Waals surface area contributed by atoms with Crippen LogP contribution in [0.4, 0.5) is 0 Å². The number of nitrogens with one attached hydrogen (secondary N) is 1. The number of aliphatic hydroxyl groups is 1. The average molecular weight is 141 g/mol. The Morgan fingerprint density at radius 2 is 2.20 bits per heavy atom. The second-order valence-electron chi connectivity index (χ2n) is 3.07. The standard InChI is InChI=1S/C8H15NO/c1-5-7(2)9-8(3,4)6-10/h1,7,9-10H,6H2,2-4H3. The molecule has 2 nitrogen and oxygen atoms in total. The number of terminal acetylenes is 1. The van der Waals surface area contributed by atoms with Gasteiger partial charge < -0.3 is 5.11 Å². The van der Waals surface area contributed by atoms with Crippen LogP contribution in [0.25, 0.3) is 0 Å². The van der Waals surface area contributed by atoms with Gasteiger partial charge in [0.05, 0.1) is 12.6 Å². The molecular weight excluding hydrogens is 126 g/mol. The van der Waals surface area contributed by atoms with Crippen molar-refractivity contribution in [2.24, 2.45) is 0 Å². The molecule has 0 heterocycles. The fourth-order valence-electron chi connectivity index (χ4n) is 0.673. The fourth-order valence-corrected chi connectivity index (χ4v) is 0.673. The summed E-state index contributed by atoms with van der Waals surface area (Å²) in [6.07, 6.45) is 5.14. The first-order valence-corrected chi connectivity index (χ1v) is 3.36. The second kappa shape index (κ2) is 3.60. The first-order chi connectivity index (χ1) is 4.52. The molecule has 58 valence electrons. The number of hydrogen-bond donors (Lipinski definition) is 2. The van der Waals surface area contributed by atoms with E-state index < -0.39 is 0 Å². The third kappa shape index (κ3) is 3.49. The molecule has 0 radical (unpaired) electrons. The molecule has 1 unspecified atom stereocenters. The zero-order chi connectivity index (χ0) is 8.20. The molecule has 0 saturated carbocycles. The molecule has 2 N–H and O–H groups in total. The van der Waals surface area contributed by atoms with Crippen LogP contribution >= 0.6 is 0 Å². The third-order valence-corrected chi connectivity index (χ3v) is 1.25. The lowest BCUT2D eigenvalue weighted by atomic mass is 10.1. The van der Waals surface area contributed by atoms with Gasteiger partial charge in [0, 0.05) is 5.54 Å². The Morgan fingerprint density at radius 3 is 2.50 bits per heavy atom. The SMILES string of the molecule is C#CC(C)NC(C)(C)CO. The van der Waals surface area contributed by atoms with Gasteiger partial charge in [-0.2, -0.15) is 0 Å². The van der Waals surface area contributed by atoms with Crippen LogP contribution in [0.2, 0.25) is 0 Å². The van der Waals surface area contributed by atoms with E-state index in [1.54, 1.807) is 0 Å². The van der Waals surface area contributed by atoms with Gasteiger partial charge in [-0.25, -0.2) is 0 Å². The van der Waals surface area contributed by atoms with Gasteiger partial charge >= 0.3 is 0 Å². The molecule has 0 bridgehead atoms. The molecule has 2 heteroatoms. The van der Waals surface area contributed by atoms with E-state index in [4.69, 9.17) is 11.5 Å². The summed E-state index contributed by atoms with van der Waals surface area (Å²) in [7, 11) is 0. The second-order valence-corrected chi connectivity index (χ2v) is 3.07. The lowest BCUT2D eigenvalue weighted by molar-refractivity contribution is 0.184. The molecule has 0 aromatic rings. The van der Waals surface area contributed by atoms with Crippen LogP contribution < -0.4 is 5.32 Å². The Balaban J connectivity index is 3.79. The van der Waals surface area contributed by atoms with E-state index >= 15 is 0 Å². The van der Waals surface area contributed by atoms with Crippen molar-refractivity contribution in [2.45, 2.75) is 32.4 Å². The van der Waals surface area contributed by atoms with Crippen LogP contribution in [0.5, 0.6) is 0 Å². The van der Waals surface area contributed by atoms with Crippen molar-refractivity contribution >= 4 is 0 Å². The Hall–Kier alpha value is -0.520. The summed E-state index contributed by atoms with van der Waals surface area (Å²) in [5.41, 5.74) is -0.272. The highest BCUT2D eigenvalue weighted by Crippen LogP contribution is 2.00. The Labute approximate surface area is 62.6 Å². The Kier molecular flexibility index (Phi) is 3.41. The summed E-state index contributed by atoms with van der Waals surface area (Å²) in [6.45, 7) is 5.79. The Morgan fingerprint density at radius 1 is 1.70 bits per heavy atom. The lowest BCUT2D eigenvalue weighted by Crippen LogP contribution is -2.46. The summed E-state index contributed by atoms with van der Waals surface area (Å²) in [5, 5.41) is 11.9. The smallest absolute Gasteiger partial charge is 0.0663 e. The molecule has 0 rings (SSSR count). The van der Waals surface area contributed by atoms with Gasteiger partial charge in [-0.05, 0) is 20.8 Å². The minimum Gasteiger partial charge on any atom is -0.394 e. The van der Waals surface area contributed by atoms with Gasteiger partial charge in [-0.1, -0.05) is 5.92 Å². The zero-order valence-corrected chi connectivity index (χ0v) is 6.81. The molecule has 0 spiro atoms. The van der Waals surface area contributed by atoms with Gasteiger partial charge in [0.25, 0.3) is 0 Å². The van der Waals surface area contributed by atoms with E-state index in [9.17, 15) is 0 Å². The van der Waals surface area contributed by atoms with Crippen LogP contribution in [0, 0.1) is 12.3 Å². The highest BCUT2D eigenvalue weighted by atomic mass is 16.3. The highest BCUT2D eigenvalue weighted by Gasteiger charge is 2.16. The van der Waals surface area contributed by atoms with Crippen LogP contribution in [0.3, 0.4) is 0 Å². The maximum absolute atomic E-state index is 8.81. The van der Waals surface area contributed by atoms with Crippen molar-refractivity contribution in [1.82, 2.24) is 5.32 Å². The molecule has 0 aliphatic heterocycles. The summed E-state index contributed by atoms with van der Waals surface area (Å²) >= 11 is 0. The minimum atomic E-state index is -0.272. The van der Waals surface area contributed by atoms with E-state index in [1.165, 1.54) is 0 Å². The topological polar surface area (TPSA) is 32.3 Å². The van der Waals surface area contributed by atoms with Crippen molar-refractivity contribution in [2.75, 3.05) is 6.61 Å². The van der Waals surface area contributed by atoms with Crippen molar-refractivity contribution < 1.29 is 5.11 Å². The van der Waals surface area contributed by atoms with Crippen LogP contribution in [0.15, 0.2) is 0 Å². The van der Waals surface area contributed by atoms with Crippen molar-refractivity contribution in [3.63, 3.8) is 0 Å². The minimum absolute atomic E-state index is 0.0159. The predicted octanol–water partition coefficient (Wildman–Crippen LogP) is 0.369. The third-order valence-electron chi connectivity index (χ3n) is 1.25. The molecule has 1 atom stereocenters. The van der Waals surface area contributed by atoms with Crippen molar-refractivity contribution in [1.29, 1.82) is 0 Å². The highest BCUT2D eigenvalue weighted by molar-refractivity contribution is 4.98. The van der Waals surface area contributed by atoms with Crippen LogP contribution in [-0.4, -0.2) is 23.3 Å². The van der Waals surface area contributed by atoms with Crippen molar-refractivity contribution in [3.8, 4) is 12.3 Å². The molecule has 0 aromatic carbocycles. The maximum Gasteiger partial charge on any atom is 0.0663 e. The number of hydrogen-bond acceptors (Lipinski definition) is 2.